The molecule has 3 nitrogen and oxygen atoms in total. The fourth-order valence-corrected chi connectivity index (χ4v) is 1.16. The number of nitrogens with zero attached hydrogens (tertiary/aromatic N) is 1. The molecule has 11 heavy (non-hydrogen) atoms. The van der Waals surface area contributed by atoms with Gasteiger partial charge in [0.05, 0.1) is 12.2 Å². The first-order chi connectivity index (χ1) is 5.40. The maximum Gasteiger partial charge on any atom is 0.150 e. The van der Waals surface area contributed by atoms with E-state index in [0.717, 1.165) is 18.0 Å². The van der Waals surface area contributed by atoms with E-state index < -0.39 is 0 Å². The Morgan fingerprint density at radius 2 is 2.55 bits per heavy atom. The molecule has 1 saturated carbocycles. The second kappa shape index (κ2) is 2.66. The van der Waals surface area contributed by atoms with Crippen molar-refractivity contribution in [1.82, 2.24) is 10.5 Å². The maximum atomic E-state index is 5.09. The van der Waals surface area contributed by atoms with E-state index in [1.54, 1.807) is 0 Å². The van der Waals surface area contributed by atoms with E-state index in [9.17, 15) is 0 Å². The highest BCUT2D eigenvalue weighted by molar-refractivity contribution is 5.15. The van der Waals surface area contributed by atoms with Crippen LogP contribution >= 0.6 is 0 Å². The third-order valence-corrected chi connectivity index (χ3v) is 1.92. The molecule has 2 rings (SSSR count). The standard InChI is InChI=1S/C8H12N2O/c1-9-5-7-4-8(10-11-7)6-2-3-6/h4,6,9H,2-3,5H2,1H3. The van der Waals surface area contributed by atoms with Gasteiger partial charge in [-0.2, -0.15) is 0 Å². The van der Waals surface area contributed by atoms with Gasteiger partial charge < -0.3 is 9.84 Å². The Morgan fingerprint density at radius 3 is 3.18 bits per heavy atom. The molecule has 0 atom stereocenters. The van der Waals surface area contributed by atoms with Crippen molar-refractivity contribution >= 4 is 0 Å². The Morgan fingerprint density at radius 1 is 1.73 bits per heavy atom. The molecule has 1 aromatic rings. The van der Waals surface area contributed by atoms with Crippen molar-refractivity contribution in [2.45, 2.75) is 25.3 Å². The predicted octanol–water partition coefficient (Wildman–Crippen LogP) is 1.27. The van der Waals surface area contributed by atoms with Gasteiger partial charge in [0.2, 0.25) is 0 Å². The number of hydrogen-bond acceptors (Lipinski definition) is 3. The molecule has 0 amide bonds. The summed E-state index contributed by atoms with van der Waals surface area (Å²) in [6.07, 6.45) is 2.57. The Hall–Kier alpha value is -0.830. The maximum absolute atomic E-state index is 5.09. The minimum absolute atomic E-state index is 0.698. The van der Waals surface area contributed by atoms with E-state index in [2.05, 4.69) is 10.5 Å². The zero-order valence-corrected chi connectivity index (χ0v) is 6.63. The van der Waals surface area contributed by atoms with Gasteiger partial charge in [-0.05, 0) is 19.9 Å². The molecule has 1 fully saturated rings. The molecular weight excluding hydrogens is 140 g/mol. The molecule has 0 saturated heterocycles. The van der Waals surface area contributed by atoms with Crippen LogP contribution in [-0.2, 0) is 6.54 Å². The smallest absolute Gasteiger partial charge is 0.150 e. The molecular formula is C8H12N2O. The van der Waals surface area contributed by atoms with Crippen molar-refractivity contribution < 1.29 is 4.52 Å². The summed E-state index contributed by atoms with van der Waals surface area (Å²) in [6.45, 7) is 0.778. The predicted molar refractivity (Wildman–Crippen MR) is 41.2 cm³/mol. The molecule has 1 heterocycles. The first-order valence-corrected chi connectivity index (χ1v) is 4.00. The van der Waals surface area contributed by atoms with E-state index in [0.29, 0.717) is 5.92 Å². The van der Waals surface area contributed by atoms with Crippen LogP contribution in [0.25, 0.3) is 0 Å². The van der Waals surface area contributed by atoms with Crippen molar-refractivity contribution in [2.24, 2.45) is 0 Å². The molecule has 3 heteroatoms. The largest absolute Gasteiger partial charge is 0.360 e. The first-order valence-electron chi connectivity index (χ1n) is 4.00. The van der Waals surface area contributed by atoms with E-state index in [4.69, 9.17) is 4.52 Å². The molecule has 0 aromatic carbocycles. The lowest BCUT2D eigenvalue weighted by molar-refractivity contribution is 0.371. The molecule has 0 aliphatic heterocycles. The molecule has 0 spiro atoms. The van der Waals surface area contributed by atoms with Crippen molar-refractivity contribution in [3.8, 4) is 0 Å². The fourth-order valence-electron chi connectivity index (χ4n) is 1.16. The lowest BCUT2D eigenvalue weighted by Gasteiger charge is -1.87. The molecule has 1 aliphatic carbocycles. The number of nitrogens with one attached hydrogen (secondary N) is 1. The van der Waals surface area contributed by atoms with Crippen molar-refractivity contribution in [3.05, 3.63) is 17.5 Å². The van der Waals surface area contributed by atoms with E-state index in [1.807, 2.05) is 13.1 Å². The van der Waals surface area contributed by atoms with Gasteiger partial charge in [0, 0.05) is 12.0 Å². The highest BCUT2D eigenvalue weighted by Crippen LogP contribution is 2.39. The Balaban J connectivity index is 2.06. The summed E-state index contributed by atoms with van der Waals surface area (Å²) < 4.78 is 5.09. The average molecular weight is 152 g/mol. The van der Waals surface area contributed by atoms with Gasteiger partial charge in [-0.25, -0.2) is 0 Å². The minimum atomic E-state index is 0.698. The summed E-state index contributed by atoms with van der Waals surface area (Å²) in [5, 5.41) is 7.00. The third-order valence-electron chi connectivity index (χ3n) is 1.92. The second-order valence-electron chi connectivity index (χ2n) is 3.02. The number of aromatic nitrogens is 1. The lowest BCUT2D eigenvalue weighted by Crippen LogP contribution is -2.03. The van der Waals surface area contributed by atoms with Gasteiger partial charge in [0.25, 0.3) is 0 Å². The van der Waals surface area contributed by atoms with Crippen LogP contribution in [-0.4, -0.2) is 12.2 Å². The van der Waals surface area contributed by atoms with Crippen molar-refractivity contribution in [2.75, 3.05) is 7.05 Å². The monoisotopic (exact) mass is 152 g/mol. The average Bonchev–Trinajstić information content (AvgIpc) is 2.75. The zero-order chi connectivity index (χ0) is 7.68. The van der Waals surface area contributed by atoms with Gasteiger partial charge in [0.1, 0.15) is 0 Å². The summed E-state index contributed by atoms with van der Waals surface area (Å²) in [5.41, 5.74) is 1.13. The SMILES string of the molecule is CNCc1cc(C2CC2)no1. The van der Waals surface area contributed by atoms with Crippen LogP contribution in [0.3, 0.4) is 0 Å². The summed E-state index contributed by atoms with van der Waals surface area (Å²) in [7, 11) is 1.90. The Labute approximate surface area is 65.8 Å². The van der Waals surface area contributed by atoms with Gasteiger partial charge >= 0.3 is 0 Å². The van der Waals surface area contributed by atoms with Gasteiger partial charge in [-0.15, -0.1) is 0 Å². The first kappa shape index (κ1) is 6.85. The summed E-state index contributed by atoms with van der Waals surface area (Å²) in [4.78, 5) is 0. The molecule has 0 bridgehead atoms. The van der Waals surface area contributed by atoms with Crippen LogP contribution in [0.4, 0.5) is 0 Å². The third kappa shape index (κ3) is 1.43. The zero-order valence-electron chi connectivity index (χ0n) is 6.63. The van der Waals surface area contributed by atoms with Gasteiger partial charge in [-0.1, -0.05) is 5.16 Å². The molecule has 0 unspecified atom stereocenters. The molecule has 1 N–H and O–H groups in total. The lowest BCUT2D eigenvalue weighted by atomic mass is 10.3. The quantitative estimate of drug-likeness (QED) is 0.708. The topological polar surface area (TPSA) is 38.1 Å². The van der Waals surface area contributed by atoms with Crippen LogP contribution in [0.1, 0.15) is 30.2 Å². The van der Waals surface area contributed by atoms with Crippen LogP contribution in [0, 0.1) is 0 Å². The van der Waals surface area contributed by atoms with Crippen LogP contribution in [0.2, 0.25) is 0 Å². The normalized spacial score (nSPS) is 17.2. The minimum Gasteiger partial charge on any atom is -0.360 e. The Kier molecular flexibility index (Phi) is 1.66. The van der Waals surface area contributed by atoms with E-state index in [-0.39, 0.29) is 0 Å². The highest BCUT2D eigenvalue weighted by atomic mass is 16.5. The van der Waals surface area contributed by atoms with E-state index >= 15 is 0 Å². The van der Waals surface area contributed by atoms with Crippen LogP contribution < -0.4 is 5.32 Å². The van der Waals surface area contributed by atoms with Crippen LogP contribution in [0.15, 0.2) is 10.6 Å². The van der Waals surface area contributed by atoms with E-state index in [1.165, 1.54) is 12.8 Å². The van der Waals surface area contributed by atoms with Gasteiger partial charge in [0.15, 0.2) is 5.76 Å². The molecule has 60 valence electrons. The number of hydrogen-bond donors (Lipinski definition) is 1. The molecule has 1 aromatic heterocycles. The second-order valence-corrected chi connectivity index (χ2v) is 3.02. The summed E-state index contributed by atoms with van der Waals surface area (Å²) >= 11 is 0. The fraction of sp³-hybridized carbons (Fsp3) is 0.625. The molecule has 1 aliphatic rings. The van der Waals surface area contributed by atoms with Crippen LogP contribution in [0.5, 0.6) is 0 Å². The van der Waals surface area contributed by atoms with Gasteiger partial charge in [-0.3, -0.25) is 0 Å². The van der Waals surface area contributed by atoms with Crippen molar-refractivity contribution in [3.63, 3.8) is 0 Å². The van der Waals surface area contributed by atoms with Crippen molar-refractivity contribution in [1.29, 1.82) is 0 Å². The number of rotatable bonds is 3. The summed E-state index contributed by atoms with van der Waals surface area (Å²) in [5.74, 6) is 1.64. The summed E-state index contributed by atoms with van der Waals surface area (Å²) in [6, 6.07) is 2.05. The Bertz CT molecular complexity index is 240. The molecule has 0 radical (unpaired) electrons. The highest BCUT2D eigenvalue weighted by Gasteiger charge is 2.26.